The smallest absolute Gasteiger partial charge is 0.130 e. The summed E-state index contributed by atoms with van der Waals surface area (Å²) >= 11 is 0. The fourth-order valence-electron chi connectivity index (χ4n) is 1.48. The van der Waals surface area contributed by atoms with E-state index in [0.29, 0.717) is 5.54 Å². The van der Waals surface area contributed by atoms with Crippen LogP contribution in [0.1, 0.15) is 38.8 Å². The molecule has 1 N–H and O–H groups in total. The molecule has 1 aromatic rings. The van der Waals surface area contributed by atoms with Crippen molar-refractivity contribution in [1.29, 1.82) is 0 Å². The van der Waals surface area contributed by atoms with Gasteiger partial charge in [-0.1, -0.05) is 13.3 Å². The molecule has 1 heterocycles. The van der Waals surface area contributed by atoms with Crippen molar-refractivity contribution in [3.05, 3.63) is 18.1 Å². The van der Waals surface area contributed by atoms with Crippen LogP contribution in [0.3, 0.4) is 0 Å². The molecule has 1 fully saturated rings. The van der Waals surface area contributed by atoms with Gasteiger partial charge in [0.05, 0.1) is 0 Å². The van der Waals surface area contributed by atoms with Crippen LogP contribution in [0.5, 0.6) is 0 Å². The quantitative estimate of drug-likeness (QED) is 0.794. The summed E-state index contributed by atoms with van der Waals surface area (Å²) in [5.41, 5.74) is 1.44. The van der Waals surface area contributed by atoms with E-state index in [2.05, 4.69) is 35.2 Å². The second-order valence-corrected chi connectivity index (χ2v) is 4.33. The molecule has 2 rings (SSSR count). The number of aromatic nitrogens is 2. The van der Waals surface area contributed by atoms with Crippen LogP contribution in [0.4, 0.5) is 5.82 Å². The lowest BCUT2D eigenvalue weighted by Gasteiger charge is -2.12. The monoisotopic (exact) mass is 191 g/mol. The van der Waals surface area contributed by atoms with Crippen molar-refractivity contribution in [2.75, 3.05) is 5.32 Å². The number of hydrogen-bond donors (Lipinski definition) is 1. The summed E-state index contributed by atoms with van der Waals surface area (Å²) in [6.07, 6.45) is 6.32. The summed E-state index contributed by atoms with van der Waals surface area (Å²) in [7, 11) is 0. The molecule has 0 saturated heterocycles. The SMILES string of the molecule is CCCc1cc(NC2(C)CC2)ncn1. The van der Waals surface area contributed by atoms with E-state index in [9.17, 15) is 0 Å². The largest absolute Gasteiger partial charge is 0.365 e. The van der Waals surface area contributed by atoms with Gasteiger partial charge >= 0.3 is 0 Å². The fraction of sp³-hybridized carbons (Fsp3) is 0.636. The first-order valence-corrected chi connectivity index (χ1v) is 5.31. The second kappa shape index (κ2) is 3.56. The molecular formula is C11H17N3. The van der Waals surface area contributed by atoms with Gasteiger partial charge in [0, 0.05) is 17.3 Å². The molecule has 0 amide bonds. The highest BCUT2D eigenvalue weighted by molar-refractivity contribution is 5.40. The van der Waals surface area contributed by atoms with Gasteiger partial charge in [-0.05, 0) is 26.2 Å². The van der Waals surface area contributed by atoms with Crippen LogP contribution in [-0.4, -0.2) is 15.5 Å². The van der Waals surface area contributed by atoms with E-state index in [1.807, 2.05) is 0 Å². The van der Waals surface area contributed by atoms with E-state index in [1.165, 1.54) is 12.8 Å². The molecule has 1 aliphatic rings. The molecule has 76 valence electrons. The van der Waals surface area contributed by atoms with E-state index < -0.39 is 0 Å². The predicted octanol–water partition coefficient (Wildman–Crippen LogP) is 2.39. The maximum absolute atomic E-state index is 4.23. The number of hydrogen-bond acceptors (Lipinski definition) is 3. The molecule has 0 aromatic carbocycles. The number of nitrogens with one attached hydrogen (secondary N) is 1. The Hall–Kier alpha value is -1.12. The van der Waals surface area contributed by atoms with Crippen LogP contribution in [-0.2, 0) is 6.42 Å². The number of rotatable bonds is 4. The summed E-state index contributed by atoms with van der Waals surface area (Å²) in [6.45, 7) is 4.39. The van der Waals surface area contributed by atoms with Gasteiger partial charge in [0.25, 0.3) is 0 Å². The molecule has 1 saturated carbocycles. The zero-order valence-corrected chi connectivity index (χ0v) is 8.88. The average Bonchev–Trinajstić information content (AvgIpc) is 2.84. The van der Waals surface area contributed by atoms with Gasteiger partial charge < -0.3 is 5.32 Å². The number of anilines is 1. The predicted molar refractivity (Wildman–Crippen MR) is 57.3 cm³/mol. The number of nitrogens with zero attached hydrogens (tertiary/aromatic N) is 2. The topological polar surface area (TPSA) is 37.8 Å². The van der Waals surface area contributed by atoms with Crippen molar-refractivity contribution in [1.82, 2.24) is 9.97 Å². The van der Waals surface area contributed by atoms with Gasteiger partial charge in [0.1, 0.15) is 12.1 Å². The highest BCUT2D eigenvalue weighted by atomic mass is 15.1. The highest BCUT2D eigenvalue weighted by Gasteiger charge is 2.37. The van der Waals surface area contributed by atoms with Crippen molar-refractivity contribution in [2.45, 2.75) is 45.1 Å². The maximum atomic E-state index is 4.23. The first-order chi connectivity index (χ1) is 6.72. The lowest BCUT2D eigenvalue weighted by molar-refractivity contribution is 0.811. The minimum atomic E-state index is 0.303. The van der Waals surface area contributed by atoms with Crippen molar-refractivity contribution in [2.24, 2.45) is 0 Å². The van der Waals surface area contributed by atoms with Crippen molar-refractivity contribution >= 4 is 5.82 Å². The summed E-state index contributed by atoms with van der Waals surface area (Å²) in [5.74, 6) is 0.975. The lowest BCUT2D eigenvalue weighted by Crippen LogP contribution is -2.17. The summed E-state index contributed by atoms with van der Waals surface area (Å²) < 4.78 is 0. The van der Waals surface area contributed by atoms with E-state index in [-0.39, 0.29) is 0 Å². The summed E-state index contributed by atoms with van der Waals surface area (Å²) in [4.78, 5) is 8.45. The third kappa shape index (κ3) is 2.22. The third-order valence-corrected chi connectivity index (χ3v) is 2.66. The van der Waals surface area contributed by atoms with Crippen molar-refractivity contribution < 1.29 is 0 Å². The van der Waals surface area contributed by atoms with Gasteiger partial charge in [-0.15, -0.1) is 0 Å². The molecule has 0 bridgehead atoms. The molecule has 3 heteroatoms. The summed E-state index contributed by atoms with van der Waals surface area (Å²) in [6, 6.07) is 2.06. The molecule has 0 aliphatic heterocycles. The second-order valence-electron chi connectivity index (χ2n) is 4.33. The van der Waals surface area contributed by atoms with Crippen molar-refractivity contribution in [3.63, 3.8) is 0 Å². The maximum Gasteiger partial charge on any atom is 0.130 e. The highest BCUT2D eigenvalue weighted by Crippen LogP contribution is 2.37. The van der Waals surface area contributed by atoms with E-state index in [4.69, 9.17) is 0 Å². The van der Waals surface area contributed by atoms with Gasteiger partial charge in [-0.25, -0.2) is 9.97 Å². The minimum absolute atomic E-state index is 0.303. The Kier molecular flexibility index (Phi) is 2.40. The fourth-order valence-corrected chi connectivity index (χ4v) is 1.48. The lowest BCUT2D eigenvalue weighted by atomic mass is 10.2. The van der Waals surface area contributed by atoms with Crippen LogP contribution in [0.15, 0.2) is 12.4 Å². The Morgan fingerprint density at radius 1 is 1.43 bits per heavy atom. The zero-order valence-electron chi connectivity index (χ0n) is 8.88. The van der Waals surface area contributed by atoms with Gasteiger partial charge in [0.15, 0.2) is 0 Å². The molecule has 0 radical (unpaired) electrons. The average molecular weight is 191 g/mol. The van der Waals surface area contributed by atoms with E-state index >= 15 is 0 Å². The standard InChI is InChI=1S/C11H17N3/c1-3-4-9-7-10(13-8-12-9)14-11(2)5-6-11/h7-8H,3-6H2,1-2H3,(H,12,13,14). The van der Waals surface area contributed by atoms with Crippen LogP contribution in [0.25, 0.3) is 0 Å². The van der Waals surface area contributed by atoms with E-state index in [0.717, 1.165) is 24.4 Å². The molecule has 0 spiro atoms. The first kappa shape index (κ1) is 9.44. The Balaban J connectivity index is 2.06. The molecule has 1 aromatic heterocycles. The Labute approximate surface area is 85.0 Å². The Bertz CT molecular complexity index is 318. The summed E-state index contributed by atoms with van der Waals surface area (Å²) in [5, 5.41) is 3.44. The zero-order chi connectivity index (χ0) is 10.0. The van der Waals surface area contributed by atoms with Crippen LogP contribution in [0, 0.1) is 0 Å². The molecule has 1 aliphatic carbocycles. The normalized spacial score (nSPS) is 17.9. The van der Waals surface area contributed by atoms with Gasteiger partial charge in [-0.2, -0.15) is 0 Å². The molecule has 0 atom stereocenters. The van der Waals surface area contributed by atoms with Gasteiger partial charge in [0.2, 0.25) is 0 Å². The Morgan fingerprint density at radius 2 is 2.21 bits per heavy atom. The number of aryl methyl sites for hydroxylation is 1. The molecule has 0 unspecified atom stereocenters. The molecular weight excluding hydrogens is 174 g/mol. The van der Waals surface area contributed by atoms with E-state index in [1.54, 1.807) is 6.33 Å². The molecule has 14 heavy (non-hydrogen) atoms. The first-order valence-electron chi connectivity index (χ1n) is 5.31. The minimum Gasteiger partial charge on any atom is -0.365 e. The van der Waals surface area contributed by atoms with Crippen LogP contribution >= 0.6 is 0 Å². The van der Waals surface area contributed by atoms with Crippen LogP contribution in [0.2, 0.25) is 0 Å². The third-order valence-electron chi connectivity index (χ3n) is 2.66. The molecule has 3 nitrogen and oxygen atoms in total. The Morgan fingerprint density at radius 3 is 2.86 bits per heavy atom. The van der Waals surface area contributed by atoms with Gasteiger partial charge in [-0.3, -0.25) is 0 Å². The van der Waals surface area contributed by atoms with Crippen LogP contribution < -0.4 is 5.32 Å². The van der Waals surface area contributed by atoms with Crippen molar-refractivity contribution in [3.8, 4) is 0 Å².